The van der Waals surface area contributed by atoms with Gasteiger partial charge in [-0.15, -0.1) is 0 Å². The summed E-state index contributed by atoms with van der Waals surface area (Å²) >= 11 is 28.3. The Balaban J connectivity index is 0.000000281. The summed E-state index contributed by atoms with van der Waals surface area (Å²) in [6, 6.07) is 28.8. The van der Waals surface area contributed by atoms with Crippen LogP contribution in [0, 0.1) is 27.7 Å². The van der Waals surface area contributed by atoms with Gasteiger partial charge < -0.3 is 42.2 Å². The van der Waals surface area contributed by atoms with Gasteiger partial charge in [0.2, 0.25) is 27.0 Å². The molecule has 0 radical (unpaired) electrons. The molecule has 8 aromatic rings. The Morgan fingerprint density at radius 1 is 0.464 bits per heavy atom. The van der Waals surface area contributed by atoms with E-state index in [0.29, 0.717) is 51.0 Å². The lowest BCUT2D eigenvalue weighted by Crippen LogP contribution is -2.27. The summed E-state index contributed by atoms with van der Waals surface area (Å²) in [4.78, 5) is 65.9. The number of ether oxygens (including phenoxy) is 2. The van der Waals surface area contributed by atoms with Gasteiger partial charge in [-0.3, -0.25) is 15.4 Å². The highest BCUT2D eigenvalue weighted by atomic mass is 35.5. The highest BCUT2D eigenvalue weighted by Crippen LogP contribution is 2.25. The fraction of sp³-hybridized carbons (Fsp3) is 0.224. The first-order valence-corrected chi connectivity index (χ1v) is 26.7. The van der Waals surface area contributed by atoms with Crippen molar-refractivity contribution in [2.24, 2.45) is 0 Å². The van der Waals surface area contributed by atoms with E-state index in [1.807, 2.05) is 118 Å². The van der Waals surface area contributed by atoms with Crippen LogP contribution in [-0.4, -0.2) is 69.2 Å². The molecule has 0 bridgehead atoms. The van der Waals surface area contributed by atoms with Gasteiger partial charge in [0.1, 0.15) is 33.8 Å². The van der Waals surface area contributed by atoms with Crippen molar-refractivity contribution in [3.63, 3.8) is 0 Å². The molecule has 444 valence electrons. The molecular formula is C58H67Cl5N16O5. The largest absolute Gasteiger partial charge is 0.444 e. The van der Waals surface area contributed by atoms with Crippen LogP contribution in [-0.2, 0) is 14.3 Å². The van der Waals surface area contributed by atoms with Crippen molar-refractivity contribution in [2.45, 2.75) is 87.9 Å². The van der Waals surface area contributed by atoms with Crippen LogP contribution in [0.25, 0.3) is 0 Å². The van der Waals surface area contributed by atoms with Crippen LogP contribution in [0.5, 0.6) is 0 Å². The molecule has 0 fully saturated rings. The maximum absolute atomic E-state index is 11.8. The number of nitrogens with zero attached hydrogens (tertiary/aromatic N) is 8. The third-order valence-corrected chi connectivity index (χ3v) is 10.8. The molecule has 0 saturated carbocycles. The Hall–Kier alpha value is -8.60. The number of halogens is 5. The van der Waals surface area contributed by atoms with E-state index in [0.717, 1.165) is 39.3 Å². The lowest BCUT2D eigenvalue weighted by Gasteiger charge is -2.19. The number of nitrogen functional groups attached to an aromatic ring is 2. The van der Waals surface area contributed by atoms with Gasteiger partial charge in [0, 0.05) is 92.5 Å². The van der Waals surface area contributed by atoms with Crippen LogP contribution in [0.15, 0.2) is 135 Å². The molecule has 3 amide bonds. The minimum absolute atomic E-state index is 0. The number of nitrogens with one attached hydrogen (secondary N) is 6. The molecule has 4 aromatic carbocycles. The van der Waals surface area contributed by atoms with Crippen LogP contribution in [0.2, 0.25) is 26.3 Å². The summed E-state index contributed by atoms with van der Waals surface area (Å²) in [6.07, 6.45) is 6.77. The zero-order chi connectivity index (χ0) is 61.4. The van der Waals surface area contributed by atoms with Crippen LogP contribution in [0.3, 0.4) is 0 Å². The van der Waals surface area contributed by atoms with E-state index in [4.69, 9.17) is 78.9 Å². The third-order valence-electron chi connectivity index (χ3n) is 9.74. The van der Waals surface area contributed by atoms with Gasteiger partial charge in [0.05, 0.1) is 0 Å². The van der Waals surface area contributed by atoms with Gasteiger partial charge >= 0.3 is 12.2 Å². The first-order valence-electron chi connectivity index (χ1n) is 24.8. The van der Waals surface area contributed by atoms with Crippen LogP contribution in [0.1, 0.15) is 71.2 Å². The van der Waals surface area contributed by atoms with Crippen LogP contribution < -0.4 is 43.4 Å². The van der Waals surface area contributed by atoms with Gasteiger partial charge in [0.15, 0.2) is 0 Å². The molecule has 0 saturated heterocycles. The lowest BCUT2D eigenvalue weighted by molar-refractivity contribution is -0.111. The molecule has 0 atom stereocenters. The topological polar surface area (TPSA) is 297 Å². The molecule has 26 heteroatoms. The minimum atomic E-state index is -0.547. The quantitative estimate of drug-likeness (QED) is 0.0273. The van der Waals surface area contributed by atoms with Gasteiger partial charge in [-0.1, -0.05) is 49.9 Å². The SMILES string of the molecule is C.C=CC(=O)Nc1cccc(Nc2nc(Cl)ncc2C)c1.CC(C)(C)OC(=O)Nc1cccc(N)c1.Cc1cnc(Cl)nc1Cl.Cc1cnc(Cl)nc1Nc1cccc(N)c1.Cc1cnc(Cl)nc1Nc1cccc(NC(=O)OC(C)(C)C)c1. The van der Waals surface area contributed by atoms with E-state index in [2.05, 4.69) is 78.4 Å². The number of rotatable bonds is 10. The molecule has 10 N–H and O–H groups in total. The predicted octanol–water partition coefficient (Wildman–Crippen LogP) is 15.9. The number of hydrogen-bond donors (Lipinski definition) is 8. The summed E-state index contributed by atoms with van der Waals surface area (Å²) in [5, 5.41) is 18.6. The maximum atomic E-state index is 11.8. The van der Waals surface area contributed by atoms with Crippen molar-refractivity contribution in [2.75, 3.05) is 43.4 Å². The highest BCUT2D eigenvalue weighted by molar-refractivity contribution is 6.32. The number of nitrogens with two attached hydrogens (primary N) is 2. The van der Waals surface area contributed by atoms with Gasteiger partial charge in [-0.25, -0.2) is 49.5 Å². The van der Waals surface area contributed by atoms with Crippen molar-refractivity contribution in [1.29, 1.82) is 0 Å². The smallest absolute Gasteiger partial charge is 0.412 e. The third kappa shape index (κ3) is 27.0. The normalized spacial score (nSPS) is 10.3. The van der Waals surface area contributed by atoms with Crippen molar-refractivity contribution in [3.05, 3.63) is 183 Å². The van der Waals surface area contributed by atoms with Crippen molar-refractivity contribution < 1.29 is 23.9 Å². The Kier molecular flexibility index (Phi) is 27.8. The van der Waals surface area contributed by atoms with E-state index < -0.39 is 23.4 Å². The molecule has 4 heterocycles. The van der Waals surface area contributed by atoms with E-state index in [9.17, 15) is 14.4 Å². The van der Waals surface area contributed by atoms with Gasteiger partial charge in [0.25, 0.3) is 0 Å². The molecule has 8 rings (SSSR count). The lowest BCUT2D eigenvalue weighted by atomic mass is 10.2. The fourth-order valence-electron chi connectivity index (χ4n) is 6.07. The Morgan fingerprint density at radius 3 is 1.10 bits per heavy atom. The predicted molar refractivity (Wildman–Crippen MR) is 342 cm³/mol. The van der Waals surface area contributed by atoms with Gasteiger partial charge in [-0.2, -0.15) is 0 Å². The zero-order valence-corrected chi connectivity index (χ0v) is 50.8. The average molecular weight is 1250 g/mol. The molecule has 21 nitrogen and oxygen atoms in total. The second kappa shape index (κ2) is 33.5. The molecule has 84 heavy (non-hydrogen) atoms. The second-order valence-electron chi connectivity index (χ2n) is 19.4. The van der Waals surface area contributed by atoms with E-state index in [1.165, 1.54) is 6.08 Å². The summed E-state index contributed by atoms with van der Waals surface area (Å²) in [7, 11) is 0. The van der Waals surface area contributed by atoms with Crippen molar-refractivity contribution in [1.82, 2.24) is 39.9 Å². The number of carbonyl (C=O) groups is 3. The number of carbonyl (C=O) groups excluding carboxylic acids is 3. The minimum Gasteiger partial charge on any atom is -0.444 e. The summed E-state index contributed by atoms with van der Waals surface area (Å²) in [5.74, 6) is 1.66. The van der Waals surface area contributed by atoms with Crippen molar-refractivity contribution in [3.8, 4) is 0 Å². The first-order chi connectivity index (χ1) is 39.0. The molecule has 4 aromatic heterocycles. The van der Waals surface area contributed by atoms with Crippen LogP contribution >= 0.6 is 58.0 Å². The number of aromatic nitrogens is 8. The number of aryl methyl sites for hydroxylation is 4. The summed E-state index contributed by atoms with van der Waals surface area (Å²) < 4.78 is 10.3. The Bertz CT molecular complexity index is 3490. The standard InChI is InChI=1S/C16H19ClN4O2.C14H13ClN4O.C11H11ClN4.C11H16N2O2.C5H4Cl2N2.CH4/c1-10-9-18-14(17)21-13(10)19-11-6-5-7-12(8-11)20-15(22)23-16(2,3)4;1-3-12(20)17-10-5-4-6-11(7-10)18-13-9(2)8-16-14(15)19-13;1-7-6-14-11(12)16-10(7)15-9-4-2-3-8(13)5-9;1-11(2,3)15-10(14)13-9-6-4-5-8(12)7-9;1-3-2-8-5(7)9-4(3)6;/h5-9H,1-4H3,(H,20,22)(H,18,19,21);3-8H,1H2,2H3,(H,17,20)(H,16,18,19);2-6H,13H2,1H3,(H,14,15,16);4-7H,12H2,1-3H3,(H,13,14);2H,1H3;1H4. The zero-order valence-electron chi connectivity index (χ0n) is 47.0. The summed E-state index contributed by atoms with van der Waals surface area (Å²) in [5.41, 5.74) is 19.3. The van der Waals surface area contributed by atoms with E-state index >= 15 is 0 Å². The average Bonchev–Trinajstić information content (AvgIpc) is 3.60. The fourth-order valence-corrected chi connectivity index (χ4v) is 6.78. The van der Waals surface area contributed by atoms with E-state index in [1.54, 1.807) is 73.3 Å². The monoisotopic (exact) mass is 1240 g/mol. The number of amides is 3. The molecule has 0 unspecified atom stereocenters. The highest BCUT2D eigenvalue weighted by Gasteiger charge is 2.18. The van der Waals surface area contributed by atoms with Crippen molar-refractivity contribution >= 4 is 139 Å². The Morgan fingerprint density at radius 2 is 0.762 bits per heavy atom. The molecule has 0 spiro atoms. The van der Waals surface area contributed by atoms with Gasteiger partial charge in [-0.05, 0) is 195 Å². The molecule has 0 aliphatic carbocycles. The second-order valence-corrected chi connectivity index (χ2v) is 21.1. The molecular weight excluding hydrogens is 1180 g/mol. The van der Waals surface area contributed by atoms with E-state index in [-0.39, 0.29) is 34.5 Å². The Labute approximate surface area is 514 Å². The number of hydrogen-bond acceptors (Lipinski definition) is 18. The number of benzene rings is 4. The summed E-state index contributed by atoms with van der Waals surface area (Å²) in [6.45, 7) is 21.8. The van der Waals surface area contributed by atoms with Crippen LogP contribution in [0.4, 0.5) is 72.5 Å². The maximum Gasteiger partial charge on any atom is 0.412 e. The molecule has 0 aliphatic rings. The molecule has 0 aliphatic heterocycles. The first kappa shape index (κ1) is 69.7. The number of anilines is 11.